The fraction of sp³-hybridized carbons (Fsp3) is 0.348. The molecule has 3 rings (SSSR count). The smallest absolute Gasteiger partial charge is 0.337 e. The molecule has 1 aliphatic rings. The molecule has 1 saturated heterocycles. The second-order valence-electron chi connectivity index (χ2n) is 7.61. The van der Waals surface area contributed by atoms with Gasteiger partial charge >= 0.3 is 5.97 Å². The highest BCUT2D eigenvalue weighted by atomic mass is 35.5. The third-order valence-electron chi connectivity index (χ3n) is 5.22. The molecule has 32 heavy (non-hydrogen) atoms. The molecule has 1 fully saturated rings. The van der Waals surface area contributed by atoms with Gasteiger partial charge in [-0.05, 0) is 42.8 Å². The van der Waals surface area contributed by atoms with Gasteiger partial charge in [-0.2, -0.15) is 0 Å². The Hall–Kier alpha value is -3.10. The van der Waals surface area contributed by atoms with Crippen LogP contribution in [0, 0.1) is 0 Å². The van der Waals surface area contributed by atoms with E-state index in [0.29, 0.717) is 61.2 Å². The number of anilines is 2. The number of nitrogens with one attached hydrogen (secondary N) is 2. The molecule has 0 bridgehead atoms. The summed E-state index contributed by atoms with van der Waals surface area (Å²) in [6, 6.07) is 11.4. The van der Waals surface area contributed by atoms with Crippen LogP contribution in [0.3, 0.4) is 0 Å². The third kappa shape index (κ3) is 6.21. The van der Waals surface area contributed by atoms with Crippen molar-refractivity contribution < 1.29 is 19.5 Å². The third-order valence-corrected chi connectivity index (χ3v) is 5.46. The van der Waals surface area contributed by atoms with Gasteiger partial charge in [0.2, 0.25) is 5.91 Å². The van der Waals surface area contributed by atoms with Gasteiger partial charge < -0.3 is 20.6 Å². The first-order valence-corrected chi connectivity index (χ1v) is 10.9. The van der Waals surface area contributed by atoms with Crippen LogP contribution in [0.5, 0.6) is 0 Å². The van der Waals surface area contributed by atoms with E-state index in [1.807, 2.05) is 11.8 Å². The van der Waals surface area contributed by atoms with Crippen molar-refractivity contribution in [2.24, 2.45) is 0 Å². The highest BCUT2D eigenvalue weighted by molar-refractivity contribution is 6.31. The highest BCUT2D eigenvalue weighted by Crippen LogP contribution is 2.26. The molecule has 0 saturated carbocycles. The lowest BCUT2D eigenvalue weighted by atomic mass is 10.1. The molecule has 1 heterocycles. The number of hydrogen-bond acceptors (Lipinski definition) is 5. The van der Waals surface area contributed by atoms with Crippen LogP contribution in [0.2, 0.25) is 5.02 Å². The van der Waals surface area contributed by atoms with Crippen molar-refractivity contribution in [3.8, 4) is 0 Å². The minimum atomic E-state index is -1.07. The van der Waals surface area contributed by atoms with E-state index < -0.39 is 5.97 Å². The molecule has 0 aromatic heterocycles. The maximum absolute atomic E-state index is 12.5. The molecular weight excluding hydrogens is 432 g/mol. The first-order chi connectivity index (χ1) is 15.4. The first kappa shape index (κ1) is 23.6. The summed E-state index contributed by atoms with van der Waals surface area (Å²) in [7, 11) is 0. The minimum Gasteiger partial charge on any atom is -0.478 e. The van der Waals surface area contributed by atoms with E-state index in [9.17, 15) is 19.5 Å². The number of amides is 2. The zero-order valence-corrected chi connectivity index (χ0v) is 18.7. The standard InChI is InChI=1S/C23H27ClN4O4/c1-2-8-25-21(29)15-27-9-11-28(12-10-27)20-7-6-18(14-19(20)23(31)32)26-22(30)16-4-3-5-17(24)13-16/h3-7,13-14H,2,8-12,15H2,1H3,(H,25,29)(H,26,30)(H,31,32). The fourth-order valence-electron chi connectivity index (χ4n) is 3.56. The van der Waals surface area contributed by atoms with Gasteiger partial charge in [0, 0.05) is 49.0 Å². The van der Waals surface area contributed by atoms with Crippen LogP contribution in [0.1, 0.15) is 34.1 Å². The number of carbonyl (C=O) groups is 3. The Bertz CT molecular complexity index is 990. The number of benzene rings is 2. The van der Waals surface area contributed by atoms with Gasteiger partial charge in [0.15, 0.2) is 0 Å². The number of nitrogens with zero attached hydrogens (tertiary/aromatic N) is 2. The Labute approximate surface area is 192 Å². The van der Waals surface area contributed by atoms with E-state index in [1.54, 1.807) is 36.4 Å². The summed E-state index contributed by atoms with van der Waals surface area (Å²) in [5.41, 5.74) is 1.48. The normalized spacial score (nSPS) is 14.1. The molecule has 170 valence electrons. The number of halogens is 1. The summed E-state index contributed by atoms with van der Waals surface area (Å²) in [6.07, 6.45) is 0.896. The molecule has 9 heteroatoms. The molecule has 0 unspecified atom stereocenters. The van der Waals surface area contributed by atoms with E-state index in [0.717, 1.165) is 6.42 Å². The monoisotopic (exact) mass is 458 g/mol. The minimum absolute atomic E-state index is 0.00585. The average molecular weight is 459 g/mol. The topological polar surface area (TPSA) is 102 Å². The molecule has 2 aromatic carbocycles. The van der Waals surface area contributed by atoms with Crippen LogP contribution in [0.15, 0.2) is 42.5 Å². The molecule has 2 amide bonds. The summed E-state index contributed by atoms with van der Waals surface area (Å²) < 4.78 is 0. The molecule has 0 radical (unpaired) electrons. The lowest BCUT2D eigenvalue weighted by Crippen LogP contribution is -2.49. The maximum Gasteiger partial charge on any atom is 0.337 e. The number of piperazine rings is 1. The number of carboxylic acids is 1. The summed E-state index contributed by atoms with van der Waals surface area (Å²) in [5, 5.41) is 15.8. The van der Waals surface area contributed by atoms with Crippen molar-refractivity contribution >= 4 is 40.8 Å². The van der Waals surface area contributed by atoms with Crippen molar-refractivity contribution in [3.63, 3.8) is 0 Å². The van der Waals surface area contributed by atoms with Crippen molar-refractivity contribution in [1.82, 2.24) is 10.2 Å². The Morgan fingerprint density at radius 3 is 2.47 bits per heavy atom. The van der Waals surface area contributed by atoms with Gasteiger partial charge in [0.05, 0.1) is 17.8 Å². The largest absolute Gasteiger partial charge is 0.478 e. The van der Waals surface area contributed by atoms with Gasteiger partial charge in [-0.3, -0.25) is 14.5 Å². The van der Waals surface area contributed by atoms with Gasteiger partial charge in [-0.25, -0.2) is 4.79 Å². The van der Waals surface area contributed by atoms with E-state index in [1.165, 1.54) is 6.07 Å². The van der Waals surface area contributed by atoms with Crippen LogP contribution in [0.25, 0.3) is 0 Å². The van der Waals surface area contributed by atoms with E-state index in [-0.39, 0.29) is 17.4 Å². The van der Waals surface area contributed by atoms with Crippen LogP contribution in [0.4, 0.5) is 11.4 Å². The van der Waals surface area contributed by atoms with E-state index >= 15 is 0 Å². The van der Waals surface area contributed by atoms with Crippen molar-refractivity contribution in [3.05, 3.63) is 58.6 Å². The number of rotatable bonds is 8. The van der Waals surface area contributed by atoms with Crippen LogP contribution >= 0.6 is 11.6 Å². The van der Waals surface area contributed by atoms with Gasteiger partial charge in [0.25, 0.3) is 5.91 Å². The quantitative estimate of drug-likeness (QED) is 0.562. The molecule has 0 spiro atoms. The molecular formula is C23H27ClN4O4. The fourth-order valence-corrected chi connectivity index (χ4v) is 3.75. The predicted octanol–water partition coefficient (Wildman–Crippen LogP) is 2.94. The summed E-state index contributed by atoms with van der Waals surface area (Å²) in [4.78, 5) is 40.3. The Morgan fingerprint density at radius 1 is 1.06 bits per heavy atom. The van der Waals surface area contributed by atoms with Crippen LogP contribution in [-0.4, -0.2) is 67.1 Å². The van der Waals surface area contributed by atoms with Crippen molar-refractivity contribution in [2.75, 3.05) is 49.5 Å². The zero-order valence-electron chi connectivity index (χ0n) is 17.9. The summed E-state index contributed by atoms with van der Waals surface area (Å²) >= 11 is 5.94. The molecule has 0 atom stereocenters. The first-order valence-electron chi connectivity index (χ1n) is 10.6. The molecule has 0 aliphatic carbocycles. The second-order valence-corrected chi connectivity index (χ2v) is 8.05. The molecule has 8 nitrogen and oxygen atoms in total. The number of aromatic carboxylic acids is 1. The second kappa shape index (κ2) is 11.0. The van der Waals surface area contributed by atoms with E-state index in [4.69, 9.17) is 11.6 Å². The van der Waals surface area contributed by atoms with Gasteiger partial charge in [-0.15, -0.1) is 0 Å². The average Bonchev–Trinajstić information content (AvgIpc) is 2.78. The zero-order chi connectivity index (χ0) is 23.1. The molecule has 2 aromatic rings. The highest BCUT2D eigenvalue weighted by Gasteiger charge is 2.23. The van der Waals surface area contributed by atoms with Crippen molar-refractivity contribution in [2.45, 2.75) is 13.3 Å². The number of carboxylic acid groups (broad SMARTS) is 1. The van der Waals surface area contributed by atoms with E-state index in [2.05, 4.69) is 15.5 Å². The molecule has 3 N–H and O–H groups in total. The Kier molecular flexibility index (Phi) is 8.08. The number of hydrogen-bond donors (Lipinski definition) is 3. The summed E-state index contributed by atoms with van der Waals surface area (Å²) in [5.74, 6) is -1.43. The SMILES string of the molecule is CCCNC(=O)CN1CCN(c2ccc(NC(=O)c3cccc(Cl)c3)cc2C(=O)O)CC1. The molecule has 1 aliphatic heterocycles. The lowest BCUT2D eigenvalue weighted by Gasteiger charge is -2.36. The predicted molar refractivity (Wildman–Crippen MR) is 125 cm³/mol. The lowest BCUT2D eigenvalue weighted by molar-refractivity contribution is -0.122. The van der Waals surface area contributed by atoms with Crippen LogP contribution in [-0.2, 0) is 4.79 Å². The van der Waals surface area contributed by atoms with Crippen LogP contribution < -0.4 is 15.5 Å². The summed E-state index contributed by atoms with van der Waals surface area (Å²) in [6.45, 7) is 5.55. The maximum atomic E-state index is 12.5. The van der Waals surface area contributed by atoms with Gasteiger partial charge in [0.1, 0.15) is 0 Å². The van der Waals surface area contributed by atoms with Crippen molar-refractivity contribution in [1.29, 1.82) is 0 Å². The Morgan fingerprint density at radius 2 is 1.81 bits per heavy atom. The Balaban J connectivity index is 1.66. The van der Waals surface area contributed by atoms with Gasteiger partial charge in [-0.1, -0.05) is 24.6 Å². The number of carbonyl (C=O) groups excluding carboxylic acids is 2.